The highest BCUT2D eigenvalue weighted by atomic mass is 15.0. The van der Waals surface area contributed by atoms with Gasteiger partial charge in [-0.25, -0.2) is 15.0 Å². The van der Waals surface area contributed by atoms with Gasteiger partial charge in [0.05, 0.1) is 33.1 Å². The molecule has 12 rings (SSSR count). The lowest BCUT2D eigenvalue weighted by Crippen LogP contribution is -2.01. The Morgan fingerprint density at radius 2 is 0.963 bits per heavy atom. The van der Waals surface area contributed by atoms with Gasteiger partial charge >= 0.3 is 0 Å². The molecule has 0 amide bonds. The lowest BCUT2D eigenvalue weighted by molar-refractivity contribution is 1.07. The first-order valence-electron chi connectivity index (χ1n) is 20.0. The number of rotatable bonds is 4. The Bertz CT molecular complexity index is 3610. The van der Waals surface area contributed by atoms with E-state index in [1.165, 1.54) is 10.8 Å². The summed E-state index contributed by atoms with van der Waals surface area (Å²) in [5, 5.41) is 8.63. The minimum Gasteiger partial charge on any atom is -0.309 e. The third-order valence-corrected chi connectivity index (χ3v) is 10.7. The summed E-state index contributed by atoms with van der Waals surface area (Å²) in [5.41, 5.74) is 6.60. The lowest BCUT2D eigenvalue weighted by atomic mass is 10.0. The Kier molecular flexibility index (Phi) is 5.24. The van der Waals surface area contributed by atoms with Gasteiger partial charge in [0.15, 0.2) is 17.5 Å². The topological polar surface area (TPSA) is 48.0 Å². The molecule has 0 unspecified atom stereocenters. The van der Waals surface area contributed by atoms with Gasteiger partial charge in [-0.2, -0.15) is 0 Å². The van der Waals surface area contributed by atoms with E-state index in [1.807, 2.05) is 77.4 Å². The van der Waals surface area contributed by atoms with Gasteiger partial charge < -0.3 is 8.97 Å². The fraction of sp³-hybridized carbons (Fsp3) is 0. The van der Waals surface area contributed by atoms with Gasteiger partial charge in [-0.1, -0.05) is 133 Å². The monoisotopic (exact) mass is 691 g/mol. The molecule has 0 N–H and O–H groups in total. The molecule has 5 heteroatoms. The highest BCUT2D eigenvalue weighted by Gasteiger charge is 2.21. The van der Waals surface area contributed by atoms with Crippen LogP contribution in [0.1, 0.15) is 5.48 Å². The first-order chi connectivity index (χ1) is 28.4. The van der Waals surface area contributed by atoms with E-state index < -0.39 is 0 Å². The maximum atomic E-state index is 9.99. The normalized spacial score (nSPS) is 13.1. The summed E-state index contributed by atoms with van der Waals surface area (Å²) < 4.78 is 42.3. The predicted octanol–water partition coefficient (Wildman–Crippen LogP) is 12.3. The molecule has 0 saturated carbocycles. The zero-order valence-electron chi connectivity index (χ0n) is 32.7. The molecule has 0 aliphatic rings. The third kappa shape index (κ3) is 4.18. The third-order valence-electron chi connectivity index (χ3n) is 10.7. The molecule has 0 spiro atoms. The maximum Gasteiger partial charge on any atom is 0.164 e. The molecule has 54 heavy (non-hydrogen) atoms. The van der Waals surface area contributed by atoms with E-state index in [0.29, 0.717) is 11.6 Å². The summed E-state index contributed by atoms with van der Waals surface area (Å²) >= 11 is 0. The Hall–Kier alpha value is -7.37. The van der Waals surface area contributed by atoms with Crippen molar-refractivity contribution < 1.29 is 5.48 Å². The van der Waals surface area contributed by atoms with Gasteiger partial charge in [-0.15, -0.1) is 0 Å². The second-order valence-electron chi connectivity index (χ2n) is 13.8. The van der Waals surface area contributed by atoms with Crippen LogP contribution in [0, 0.1) is 0 Å². The number of para-hydroxylation sites is 2. The van der Waals surface area contributed by atoms with E-state index in [2.05, 4.69) is 83.3 Å². The molecule has 0 saturated heterocycles. The van der Waals surface area contributed by atoms with E-state index in [-0.39, 0.29) is 41.2 Å². The van der Waals surface area contributed by atoms with E-state index in [9.17, 15) is 5.48 Å². The Morgan fingerprint density at radius 1 is 0.407 bits per heavy atom. The first kappa shape index (κ1) is 25.6. The van der Waals surface area contributed by atoms with Crippen LogP contribution in [0.4, 0.5) is 0 Å². The van der Waals surface area contributed by atoms with Crippen LogP contribution in [0.15, 0.2) is 176 Å². The number of aromatic nitrogens is 5. The highest BCUT2D eigenvalue weighted by Crippen LogP contribution is 2.43. The van der Waals surface area contributed by atoms with Crippen LogP contribution in [0.3, 0.4) is 0 Å². The summed E-state index contributed by atoms with van der Waals surface area (Å²) in [7, 11) is 0. The molecule has 5 nitrogen and oxygen atoms in total. The Labute approximate surface area is 315 Å². The second-order valence-corrected chi connectivity index (χ2v) is 13.8. The number of benzene rings is 8. The first-order valence-corrected chi connectivity index (χ1v) is 18.0. The molecule has 8 aromatic carbocycles. The van der Waals surface area contributed by atoms with E-state index >= 15 is 0 Å². The van der Waals surface area contributed by atoms with Crippen molar-refractivity contribution in [3.63, 3.8) is 0 Å². The van der Waals surface area contributed by atoms with Crippen molar-refractivity contribution in [2.75, 3.05) is 0 Å². The van der Waals surface area contributed by atoms with Crippen molar-refractivity contribution in [3.05, 3.63) is 176 Å². The predicted molar refractivity (Wildman–Crippen MR) is 223 cm³/mol. The van der Waals surface area contributed by atoms with E-state index in [1.54, 1.807) is 0 Å². The van der Waals surface area contributed by atoms with Crippen LogP contribution in [-0.4, -0.2) is 23.9 Å². The van der Waals surface area contributed by atoms with E-state index in [4.69, 9.17) is 15.0 Å². The second kappa shape index (κ2) is 11.1. The minimum atomic E-state index is -0.314. The van der Waals surface area contributed by atoms with Crippen molar-refractivity contribution in [2.24, 2.45) is 0 Å². The van der Waals surface area contributed by atoms with Gasteiger partial charge in [-0.3, -0.25) is 0 Å². The van der Waals surface area contributed by atoms with Gasteiger partial charge in [0.1, 0.15) is 0 Å². The van der Waals surface area contributed by atoms with Crippen LogP contribution in [-0.2, 0) is 0 Å². The van der Waals surface area contributed by atoms with Crippen molar-refractivity contribution >= 4 is 70.7 Å². The summed E-state index contributed by atoms with van der Waals surface area (Å²) in [6.45, 7) is 0. The minimum absolute atomic E-state index is 0.0650. The average molecular weight is 692 g/mol. The van der Waals surface area contributed by atoms with Crippen molar-refractivity contribution in [3.8, 4) is 39.9 Å². The number of hydrogen-bond acceptors (Lipinski definition) is 3. The average Bonchev–Trinajstić information content (AvgIpc) is 3.89. The van der Waals surface area contributed by atoms with Crippen LogP contribution in [0.5, 0.6) is 0 Å². The number of hydrogen-bond donors (Lipinski definition) is 0. The number of nitrogens with zero attached hydrogens (tertiary/aromatic N) is 5. The molecule has 0 fully saturated rings. The molecule has 12 aromatic rings. The van der Waals surface area contributed by atoms with Gasteiger partial charge in [0.25, 0.3) is 0 Å². The largest absolute Gasteiger partial charge is 0.309 e. The molecule has 0 aliphatic heterocycles. The van der Waals surface area contributed by atoms with Gasteiger partial charge in [-0.05, 0) is 53.2 Å². The smallest absolute Gasteiger partial charge is 0.164 e. The summed E-state index contributed by atoms with van der Waals surface area (Å²) in [5.74, 6) is 0.867. The SMILES string of the molecule is [2H]c1c([2H])c(-c2nc(-c3ccccc3)nc(-c3ccccc3)n2)c([2H])c(-n2c3cc4ccccc4cc3c3cc4c5cccc6c7ccccc7n(c4cc32)c65)c1[2H]. The zero-order chi connectivity index (χ0) is 38.8. The van der Waals surface area contributed by atoms with E-state index in [0.717, 1.165) is 71.0 Å². The molecule has 250 valence electrons. The Balaban J connectivity index is 1.22. The van der Waals surface area contributed by atoms with Gasteiger partial charge in [0, 0.05) is 54.7 Å². The summed E-state index contributed by atoms with van der Waals surface area (Å²) in [6.07, 6.45) is 0. The molecule has 4 aromatic heterocycles. The van der Waals surface area contributed by atoms with Crippen molar-refractivity contribution in [1.29, 1.82) is 0 Å². The molecule has 0 atom stereocenters. The van der Waals surface area contributed by atoms with Crippen LogP contribution >= 0.6 is 0 Å². The summed E-state index contributed by atoms with van der Waals surface area (Å²) in [6, 6.07) is 50.0. The molecular formula is C49H29N5. The molecule has 4 heterocycles. The fourth-order valence-electron chi connectivity index (χ4n) is 8.34. The zero-order valence-corrected chi connectivity index (χ0v) is 28.7. The molecule has 0 bridgehead atoms. The highest BCUT2D eigenvalue weighted by molar-refractivity contribution is 6.26. The molecular weight excluding hydrogens is 659 g/mol. The Morgan fingerprint density at radius 3 is 1.70 bits per heavy atom. The van der Waals surface area contributed by atoms with Gasteiger partial charge in [0.2, 0.25) is 0 Å². The quantitative estimate of drug-likeness (QED) is 0.185. The van der Waals surface area contributed by atoms with Crippen LogP contribution in [0.2, 0.25) is 0 Å². The van der Waals surface area contributed by atoms with Crippen LogP contribution < -0.4 is 0 Å². The molecule has 0 aliphatic carbocycles. The fourth-order valence-corrected chi connectivity index (χ4v) is 8.34. The van der Waals surface area contributed by atoms with Crippen molar-refractivity contribution in [1.82, 2.24) is 23.9 Å². The van der Waals surface area contributed by atoms with Crippen molar-refractivity contribution in [2.45, 2.75) is 0 Å². The standard InChI is InChI=1S/C49H29N5/c1-3-13-30(14-4-1)47-50-48(31-15-5-2-6-16-31)52-49(51-47)34-19-11-20-35(25-34)53-43-27-33-18-8-7-17-32(33)26-39(43)41-28-40-38-23-12-22-37-36-21-9-10-24-42(36)54(46(37)38)45(40)29-44(41)53/h1-29H/i11D,19D,20D,25D. The lowest BCUT2D eigenvalue weighted by Gasteiger charge is -2.12. The molecule has 0 radical (unpaired) electrons. The maximum absolute atomic E-state index is 9.99. The summed E-state index contributed by atoms with van der Waals surface area (Å²) in [4.78, 5) is 14.6. The van der Waals surface area contributed by atoms with Crippen LogP contribution in [0.25, 0.3) is 111 Å². The number of fused-ring (bicyclic) bond motifs is 10.